The average molecular weight is 427 g/mol. The topological polar surface area (TPSA) is 59.0 Å². The van der Waals surface area contributed by atoms with Gasteiger partial charge in [-0.2, -0.15) is 4.98 Å². The van der Waals surface area contributed by atoms with Gasteiger partial charge in [0.1, 0.15) is 5.52 Å². The van der Waals surface area contributed by atoms with Crippen LogP contribution in [-0.4, -0.2) is 65.7 Å². The fraction of sp³-hybridized carbons (Fsp3) is 0.364. The van der Waals surface area contributed by atoms with E-state index in [9.17, 15) is 8.78 Å². The summed E-state index contributed by atoms with van der Waals surface area (Å²) < 4.78 is 42.0. The molecular weight excluding hydrogens is 404 g/mol. The van der Waals surface area contributed by atoms with Gasteiger partial charge in [-0.1, -0.05) is 0 Å². The number of aromatic nitrogens is 3. The number of oxazole rings is 1. The average Bonchev–Trinajstić information content (AvgIpc) is 3.36. The smallest absolute Gasteiger partial charge is 0.298 e. The number of anilines is 1. The van der Waals surface area contributed by atoms with Crippen molar-refractivity contribution in [1.82, 2.24) is 19.3 Å². The van der Waals surface area contributed by atoms with Crippen LogP contribution in [0.25, 0.3) is 27.9 Å². The number of benzene rings is 1. The Hall–Kier alpha value is -3.04. The van der Waals surface area contributed by atoms with E-state index in [1.807, 2.05) is 11.9 Å². The number of ether oxygens (including phenoxy) is 1. The molecule has 0 atom stereocenters. The number of likely N-dealkylation sites (N-methyl/N-ethyl adjacent to an activating group) is 1. The molecule has 0 bridgehead atoms. The molecule has 0 unspecified atom stereocenters. The van der Waals surface area contributed by atoms with E-state index in [1.54, 1.807) is 29.8 Å². The summed E-state index contributed by atoms with van der Waals surface area (Å²) in [6.07, 6.45) is 3.46. The molecule has 1 fully saturated rings. The second-order valence-electron chi connectivity index (χ2n) is 7.87. The van der Waals surface area contributed by atoms with Crippen molar-refractivity contribution >= 4 is 22.8 Å². The molecule has 0 amide bonds. The maximum absolute atomic E-state index is 14.8. The van der Waals surface area contributed by atoms with Gasteiger partial charge >= 0.3 is 0 Å². The third-order valence-electron chi connectivity index (χ3n) is 5.58. The van der Waals surface area contributed by atoms with Crippen LogP contribution in [0.4, 0.5) is 14.8 Å². The molecule has 0 saturated carbocycles. The Bertz CT molecular complexity index is 1250. The maximum atomic E-state index is 14.8. The molecule has 162 valence electrons. The number of rotatable bonds is 5. The van der Waals surface area contributed by atoms with E-state index in [1.165, 1.54) is 12.1 Å². The van der Waals surface area contributed by atoms with Gasteiger partial charge in [0.2, 0.25) is 0 Å². The van der Waals surface area contributed by atoms with Crippen molar-refractivity contribution in [2.24, 2.45) is 0 Å². The van der Waals surface area contributed by atoms with Crippen LogP contribution < -0.4 is 4.90 Å². The van der Waals surface area contributed by atoms with Crippen molar-refractivity contribution in [3.05, 3.63) is 47.9 Å². The Morgan fingerprint density at radius 2 is 1.81 bits per heavy atom. The van der Waals surface area contributed by atoms with E-state index in [4.69, 9.17) is 9.15 Å². The van der Waals surface area contributed by atoms with Gasteiger partial charge in [-0.05, 0) is 30.7 Å². The molecule has 1 aliphatic heterocycles. The summed E-state index contributed by atoms with van der Waals surface area (Å²) >= 11 is 0. The lowest BCUT2D eigenvalue weighted by Crippen LogP contribution is -2.40. The highest BCUT2D eigenvalue weighted by Gasteiger charge is 2.18. The van der Waals surface area contributed by atoms with Crippen LogP contribution in [0.2, 0.25) is 0 Å². The molecule has 9 heteroatoms. The van der Waals surface area contributed by atoms with Gasteiger partial charge in [-0.25, -0.2) is 13.8 Å². The van der Waals surface area contributed by atoms with Crippen LogP contribution in [0.3, 0.4) is 0 Å². The summed E-state index contributed by atoms with van der Waals surface area (Å²) in [4.78, 5) is 12.8. The van der Waals surface area contributed by atoms with Crippen LogP contribution in [-0.2, 0) is 4.74 Å². The van der Waals surface area contributed by atoms with Crippen molar-refractivity contribution < 1.29 is 17.9 Å². The summed E-state index contributed by atoms with van der Waals surface area (Å²) in [5.41, 5.74) is 2.50. The third kappa shape index (κ3) is 3.86. The SMILES string of the molecule is Cc1cn2cc(-c3cc(F)c4oc(N(C)CCN5CCOCC5)nc4c3)cc(F)c2n1. The number of nitrogens with zero attached hydrogens (tertiary/aromatic N) is 5. The minimum atomic E-state index is -0.532. The standard InChI is InChI=1S/C22H23F2N5O2/c1-14-12-29-13-16(10-18(24)21(29)25-14)15-9-17(23)20-19(11-15)26-22(31-20)27(2)3-4-28-5-7-30-8-6-28/h9-13H,3-8H2,1-2H3. The van der Waals surface area contributed by atoms with Crippen molar-refractivity contribution in [3.8, 4) is 11.1 Å². The molecule has 0 N–H and O–H groups in total. The predicted molar refractivity (Wildman–Crippen MR) is 113 cm³/mol. The van der Waals surface area contributed by atoms with Crippen LogP contribution in [0.5, 0.6) is 0 Å². The second-order valence-corrected chi connectivity index (χ2v) is 7.87. The quantitative estimate of drug-likeness (QED) is 0.486. The van der Waals surface area contributed by atoms with E-state index in [2.05, 4.69) is 14.9 Å². The van der Waals surface area contributed by atoms with Gasteiger partial charge in [0.05, 0.1) is 18.9 Å². The summed E-state index contributed by atoms with van der Waals surface area (Å²) in [6, 6.07) is 4.77. The molecule has 1 saturated heterocycles. The number of aryl methyl sites for hydroxylation is 1. The van der Waals surface area contributed by atoms with E-state index in [0.717, 1.165) is 32.8 Å². The number of imidazole rings is 1. The maximum Gasteiger partial charge on any atom is 0.298 e. The number of hydrogen-bond acceptors (Lipinski definition) is 6. The minimum Gasteiger partial charge on any atom is -0.420 e. The molecular formula is C22H23F2N5O2. The molecule has 5 rings (SSSR count). The Morgan fingerprint density at radius 3 is 2.61 bits per heavy atom. The minimum absolute atomic E-state index is 0.0944. The van der Waals surface area contributed by atoms with Gasteiger partial charge in [0.25, 0.3) is 6.01 Å². The third-order valence-corrected chi connectivity index (χ3v) is 5.58. The number of hydrogen-bond donors (Lipinski definition) is 0. The van der Waals surface area contributed by atoms with Crippen molar-refractivity contribution in [3.63, 3.8) is 0 Å². The van der Waals surface area contributed by atoms with Crippen molar-refractivity contribution in [1.29, 1.82) is 0 Å². The van der Waals surface area contributed by atoms with Crippen molar-refractivity contribution in [2.75, 3.05) is 51.3 Å². The predicted octanol–water partition coefficient (Wildman–Crippen LogP) is 3.50. The number of pyridine rings is 1. The monoisotopic (exact) mass is 427 g/mol. The van der Waals surface area contributed by atoms with Crippen LogP contribution in [0.15, 0.2) is 35.0 Å². The molecule has 1 aliphatic rings. The molecule has 1 aromatic carbocycles. The zero-order chi connectivity index (χ0) is 21.5. The normalized spacial score (nSPS) is 15.2. The Morgan fingerprint density at radius 1 is 1.03 bits per heavy atom. The van der Waals surface area contributed by atoms with E-state index < -0.39 is 11.6 Å². The van der Waals surface area contributed by atoms with E-state index >= 15 is 0 Å². The fourth-order valence-electron chi connectivity index (χ4n) is 3.86. The zero-order valence-electron chi connectivity index (χ0n) is 17.4. The summed E-state index contributed by atoms with van der Waals surface area (Å²) in [7, 11) is 1.87. The largest absolute Gasteiger partial charge is 0.420 e. The Kier molecular flexibility index (Phi) is 5.07. The van der Waals surface area contributed by atoms with Gasteiger partial charge in [0, 0.05) is 51.2 Å². The molecule has 4 aromatic rings. The van der Waals surface area contributed by atoms with Gasteiger partial charge in [0.15, 0.2) is 22.9 Å². The summed E-state index contributed by atoms with van der Waals surface area (Å²) in [5.74, 6) is -0.995. The van der Waals surface area contributed by atoms with Crippen LogP contribution >= 0.6 is 0 Å². The molecule has 31 heavy (non-hydrogen) atoms. The first-order chi connectivity index (χ1) is 15.0. The molecule has 7 nitrogen and oxygen atoms in total. The van der Waals surface area contributed by atoms with Crippen LogP contribution in [0.1, 0.15) is 5.69 Å². The molecule has 4 heterocycles. The van der Waals surface area contributed by atoms with Gasteiger partial charge in [-0.15, -0.1) is 0 Å². The first kappa shape index (κ1) is 19.9. The second kappa shape index (κ2) is 7.90. The van der Waals surface area contributed by atoms with Crippen LogP contribution in [0, 0.1) is 18.6 Å². The fourth-order valence-corrected chi connectivity index (χ4v) is 3.86. The van der Waals surface area contributed by atoms with Crippen molar-refractivity contribution in [2.45, 2.75) is 6.92 Å². The number of morpholine rings is 1. The number of halogens is 2. The summed E-state index contributed by atoms with van der Waals surface area (Å²) in [5, 5.41) is 0. The molecule has 0 radical (unpaired) electrons. The number of fused-ring (bicyclic) bond motifs is 2. The lowest BCUT2D eigenvalue weighted by molar-refractivity contribution is 0.0392. The van der Waals surface area contributed by atoms with E-state index in [0.29, 0.717) is 34.9 Å². The highest BCUT2D eigenvalue weighted by molar-refractivity contribution is 5.82. The first-order valence-electron chi connectivity index (χ1n) is 10.2. The lowest BCUT2D eigenvalue weighted by atomic mass is 10.1. The molecule has 0 spiro atoms. The zero-order valence-corrected chi connectivity index (χ0v) is 17.4. The highest BCUT2D eigenvalue weighted by Crippen LogP contribution is 2.30. The Balaban J connectivity index is 1.43. The lowest BCUT2D eigenvalue weighted by Gasteiger charge is -2.28. The Labute approximate surface area is 177 Å². The van der Waals surface area contributed by atoms with Gasteiger partial charge < -0.3 is 18.5 Å². The molecule has 3 aromatic heterocycles. The molecule has 0 aliphatic carbocycles. The van der Waals surface area contributed by atoms with E-state index in [-0.39, 0.29) is 11.2 Å². The van der Waals surface area contributed by atoms with Gasteiger partial charge in [-0.3, -0.25) is 4.90 Å². The summed E-state index contributed by atoms with van der Waals surface area (Å²) in [6.45, 7) is 6.62. The highest BCUT2D eigenvalue weighted by atomic mass is 19.1. The first-order valence-corrected chi connectivity index (χ1v) is 10.2.